The fourth-order valence-electron chi connectivity index (χ4n) is 0.747. The van der Waals surface area contributed by atoms with E-state index in [1.54, 1.807) is 12.3 Å². The summed E-state index contributed by atoms with van der Waals surface area (Å²) in [6.45, 7) is 1.83. The largest absolute Gasteiger partial charge is 0.292 e. The number of aromatic nitrogens is 1. The van der Waals surface area contributed by atoms with Crippen LogP contribution in [0.3, 0.4) is 0 Å². The van der Waals surface area contributed by atoms with Crippen LogP contribution in [-0.4, -0.2) is 10.9 Å². The lowest BCUT2D eigenvalue weighted by Crippen LogP contribution is -2.19. The minimum atomic E-state index is 0.154. The first-order valence-electron chi connectivity index (χ1n) is 3.09. The molecule has 0 bridgehead atoms. The zero-order valence-corrected chi connectivity index (χ0v) is 6.81. The van der Waals surface area contributed by atoms with Gasteiger partial charge in [0.05, 0.1) is 11.4 Å². The zero-order chi connectivity index (χ0) is 8.43. The van der Waals surface area contributed by atoms with Gasteiger partial charge in [-0.15, -0.1) is 0 Å². The quantitative estimate of drug-likeness (QED) is 0.472. The lowest BCUT2D eigenvalue weighted by molar-refractivity contribution is 0.978. The van der Waals surface area contributed by atoms with Gasteiger partial charge in [-0.1, -0.05) is 11.6 Å². The molecule has 0 aliphatic carbocycles. The van der Waals surface area contributed by atoms with Crippen molar-refractivity contribution in [1.82, 2.24) is 4.57 Å². The molecule has 4 heteroatoms. The first kappa shape index (κ1) is 8.01. The summed E-state index contributed by atoms with van der Waals surface area (Å²) in [5.41, 5.74) is 1.01. The summed E-state index contributed by atoms with van der Waals surface area (Å²) in [6, 6.07) is 1.77. The monoisotopic (exact) mass is 169 g/mol. The summed E-state index contributed by atoms with van der Waals surface area (Å²) in [5.74, 6) is 0. The Balaban J connectivity index is 3.49. The Labute approximate surface area is 69.3 Å². The summed E-state index contributed by atoms with van der Waals surface area (Å²) < 4.78 is 1.34. The van der Waals surface area contributed by atoms with Crippen LogP contribution in [0.2, 0.25) is 5.02 Å². The molecule has 0 saturated carbocycles. The number of aryl methyl sites for hydroxylation is 1. The predicted molar refractivity (Wildman–Crippen MR) is 44.2 cm³/mol. The number of hydrogen-bond acceptors (Lipinski definition) is 2. The van der Waals surface area contributed by atoms with Gasteiger partial charge in [0.15, 0.2) is 0 Å². The maximum Gasteiger partial charge on any atom is 0.149 e. The number of hydrogen-bond donors (Lipinski definition) is 2. The Kier molecular flexibility index (Phi) is 2.10. The second kappa shape index (κ2) is 2.88. The van der Waals surface area contributed by atoms with E-state index in [-0.39, 0.29) is 5.49 Å². The van der Waals surface area contributed by atoms with E-state index in [0.29, 0.717) is 5.02 Å². The van der Waals surface area contributed by atoms with E-state index >= 15 is 0 Å². The molecule has 3 nitrogen and oxygen atoms in total. The first-order valence-corrected chi connectivity index (χ1v) is 3.47. The van der Waals surface area contributed by atoms with Crippen LogP contribution in [-0.2, 0) is 0 Å². The second-order valence-corrected chi connectivity index (χ2v) is 2.58. The van der Waals surface area contributed by atoms with E-state index in [0.717, 1.165) is 11.9 Å². The Morgan fingerprint density at radius 2 is 2.27 bits per heavy atom. The van der Waals surface area contributed by atoms with Gasteiger partial charge in [-0.3, -0.25) is 15.4 Å². The Bertz CT molecular complexity index is 340. The van der Waals surface area contributed by atoms with Crippen molar-refractivity contribution < 1.29 is 0 Å². The van der Waals surface area contributed by atoms with Crippen molar-refractivity contribution >= 4 is 17.9 Å². The number of nitrogens with zero attached hydrogens (tertiary/aromatic N) is 1. The molecule has 0 radical (unpaired) electrons. The van der Waals surface area contributed by atoms with Crippen LogP contribution in [0.25, 0.3) is 0 Å². The van der Waals surface area contributed by atoms with E-state index < -0.39 is 0 Å². The maximum absolute atomic E-state index is 7.42. The van der Waals surface area contributed by atoms with Gasteiger partial charge in [-0.05, 0) is 18.6 Å². The van der Waals surface area contributed by atoms with Gasteiger partial charge >= 0.3 is 0 Å². The number of rotatable bonds is 1. The topological polar surface area (TPSA) is 52.6 Å². The highest BCUT2D eigenvalue weighted by molar-refractivity contribution is 6.31. The van der Waals surface area contributed by atoms with Crippen molar-refractivity contribution in [3.63, 3.8) is 0 Å². The van der Waals surface area contributed by atoms with Crippen molar-refractivity contribution in [2.24, 2.45) is 0 Å². The van der Waals surface area contributed by atoms with Gasteiger partial charge in [-0.2, -0.15) is 0 Å². The second-order valence-electron chi connectivity index (χ2n) is 2.20. The minimum absolute atomic E-state index is 0.154. The fraction of sp³-hybridized carbons (Fsp3) is 0.143. The van der Waals surface area contributed by atoms with Crippen LogP contribution >= 0.6 is 11.6 Å². The lowest BCUT2D eigenvalue weighted by Gasteiger charge is -2.01. The molecule has 0 aliphatic heterocycles. The molecule has 0 atom stereocenters. The standard InChI is InChI=1S/C7H8ClN3/c1-5-2-3-11(4-9)7(10)6(5)8/h2-4,9-10H,1H3. The van der Waals surface area contributed by atoms with Crippen LogP contribution in [0.15, 0.2) is 12.3 Å². The molecule has 1 aromatic heterocycles. The summed E-state index contributed by atoms with van der Waals surface area (Å²) in [5, 5.41) is 14.7. The highest BCUT2D eigenvalue weighted by atomic mass is 35.5. The molecule has 0 spiro atoms. The van der Waals surface area contributed by atoms with E-state index in [1.807, 2.05) is 6.92 Å². The Hall–Kier alpha value is -1.09. The molecule has 0 aliphatic rings. The van der Waals surface area contributed by atoms with E-state index in [9.17, 15) is 0 Å². The molecule has 0 saturated heterocycles. The van der Waals surface area contributed by atoms with Crippen molar-refractivity contribution in [3.8, 4) is 0 Å². The maximum atomic E-state index is 7.42. The molecule has 0 amide bonds. The Morgan fingerprint density at radius 3 is 2.82 bits per heavy atom. The summed E-state index contributed by atoms with van der Waals surface area (Å²) in [4.78, 5) is 0. The summed E-state index contributed by atoms with van der Waals surface area (Å²) >= 11 is 5.75. The van der Waals surface area contributed by atoms with Crippen molar-refractivity contribution in [2.75, 3.05) is 0 Å². The molecule has 0 unspecified atom stereocenters. The average Bonchev–Trinajstić information content (AvgIpc) is 2.01. The number of pyridine rings is 1. The molecule has 0 aromatic carbocycles. The predicted octanol–water partition coefficient (Wildman–Crippen LogP) is 1.38. The van der Waals surface area contributed by atoms with Gasteiger partial charge in [0, 0.05) is 6.20 Å². The normalized spacial score (nSPS) is 9.64. The smallest absolute Gasteiger partial charge is 0.149 e. The molecule has 1 aromatic rings. The zero-order valence-electron chi connectivity index (χ0n) is 6.06. The highest BCUT2D eigenvalue weighted by Crippen LogP contribution is 2.06. The third kappa shape index (κ3) is 1.33. The van der Waals surface area contributed by atoms with Gasteiger partial charge in [-0.25, -0.2) is 0 Å². The van der Waals surface area contributed by atoms with Crippen LogP contribution in [0.5, 0.6) is 0 Å². The van der Waals surface area contributed by atoms with Crippen LogP contribution in [0, 0.1) is 17.7 Å². The SMILES string of the molecule is Cc1ccn(C=N)c(=N)c1Cl. The fourth-order valence-corrected chi connectivity index (χ4v) is 0.908. The molecule has 1 heterocycles. The highest BCUT2D eigenvalue weighted by Gasteiger charge is 1.97. The van der Waals surface area contributed by atoms with E-state index in [1.165, 1.54) is 4.57 Å². The molecular weight excluding hydrogens is 162 g/mol. The third-order valence-corrected chi connectivity index (χ3v) is 1.91. The minimum Gasteiger partial charge on any atom is -0.292 e. The van der Waals surface area contributed by atoms with Crippen LogP contribution in [0.1, 0.15) is 5.56 Å². The van der Waals surface area contributed by atoms with E-state index in [2.05, 4.69) is 0 Å². The van der Waals surface area contributed by atoms with Crippen LogP contribution < -0.4 is 5.49 Å². The average molecular weight is 170 g/mol. The molecule has 58 valence electrons. The molecule has 2 N–H and O–H groups in total. The number of nitrogens with one attached hydrogen (secondary N) is 2. The number of halogens is 1. The van der Waals surface area contributed by atoms with Gasteiger partial charge in [0.25, 0.3) is 0 Å². The molecule has 1 rings (SSSR count). The van der Waals surface area contributed by atoms with Crippen LogP contribution in [0.4, 0.5) is 0 Å². The lowest BCUT2D eigenvalue weighted by atomic mass is 10.3. The first-order chi connectivity index (χ1) is 5.16. The van der Waals surface area contributed by atoms with Gasteiger partial charge in [0.1, 0.15) is 5.49 Å². The Morgan fingerprint density at radius 1 is 1.64 bits per heavy atom. The van der Waals surface area contributed by atoms with Crippen molar-refractivity contribution in [3.05, 3.63) is 28.3 Å². The van der Waals surface area contributed by atoms with Crippen molar-refractivity contribution in [1.29, 1.82) is 10.8 Å². The summed E-state index contributed by atoms with van der Waals surface area (Å²) in [6.07, 6.45) is 2.68. The molecular formula is C7H8ClN3. The third-order valence-electron chi connectivity index (χ3n) is 1.44. The van der Waals surface area contributed by atoms with Crippen molar-refractivity contribution in [2.45, 2.75) is 6.92 Å². The van der Waals surface area contributed by atoms with Gasteiger partial charge < -0.3 is 0 Å². The summed E-state index contributed by atoms with van der Waals surface area (Å²) in [7, 11) is 0. The van der Waals surface area contributed by atoms with E-state index in [4.69, 9.17) is 22.4 Å². The molecule has 0 fully saturated rings. The molecule has 11 heavy (non-hydrogen) atoms. The van der Waals surface area contributed by atoms with Gasteiger partial charge in [0.2, 0.25) is 0 Å².